The van der Waals surface area contributed by atoms with Crippen LogP contribution < -0.4 is 11.1 Å². The first-order valence-electron chi connectivity index (χ1n) is 5.21. The van der Waals surface area contributed by atoms with Crippen LogP contribution in [0, 0.1) is 23.0 Å². The predicted octanol–water partition coefficient (Wildman–Crippen LogP) is 1.44. The van der Waals surface area contributed by atoms with Gasteiger partial charge >= 0.3 is 0 Å². The van der Waals surface area contributed by atoms with Gasteiger partial charge in [0, 0.05) is 18.5 Å². The highest BCUT2D eigenvalue weighted by Gasteiger charge is 2.18. The lowest BCUT2D eigenvalue weighted by Crippen LogP contribution is -2.27. The minimum Gasteiger partial charge on any atom is -0.330 e. The Labute approximate surface area is 99.0 Å². The van der Waals surface area contributed by atoms with Gasteiger partial charge in [-0.2, -0.15) is 0 Å². The molecule has 3 N–H and O–H groups in total. The van der Waals surface area contributed by atoms with E-state index in [1.54, 1.807) is 26.0 Å². The van der Waals surface area contributed by atoms with Crippen LogP contribution in [0.1, 0.15) is 12.5 Å². The van der Waals surface area contributed by atoms with Crippen molar-refractivity contribution < 1.29 is 9.72 Å². The SMILES string of the molecule is Cc1ccc([N+](=O)[O-])c(NC(=O)C(C)CN)c1. The van der Waals surface area contributed by atoms with Crippen molar-refractivity contribution in [1.29, 1.82) is 0 Å². The Balaban J connectivity index is 3.00. The highest BCUT2D eigenvalue weighted by atomic mass is 16.6. The Morgan fingerprint density at radius 1 is 1.59 bits per heavy atom. The summed E-state index contributed by atoms with van der Waals surface area (Å²) >= 11 is 0. The lowest BCUT2D eigenvalue weighted by atomic mass is 10.1. The van der Waals surface area contributed by atoms with Gasteiger partial charge in [0.25, 0.3) is 5.69 Å². The predicted molar refractivity (Wildman–Crippen MR) is 64.7 cm³/mol. The number of benzene rings is 1. The Bertz CT molecular complexity index is 446. The summed E-state index contributed by atoms with van der Waals surface area (Å²) in [5.74, 6) is -0.698. The monoisotopic (exact) mass is 237 g/mol. The number of hydrogen-bond donors (Lipinski definition) is 2. The summed E-state index contributed by atoms with van der Waals surface area (Å²) in [5.41, 5.74) is 6.29. The molecule has 0 aliphatic rings. The van der Waals surface area contributed by atoms with Crippen LogP contribution in [-0.4, -0.2) is 17.4 Å². The zero-order valence-electron chi connectivity index (χ0n) is 9.77. The van der Waals surface area contributed by atoms with Gasteiger partial charge in [0.1, 0.15) is 5.69 Å². The highest BCUT2D eigenvalue weighted by Crippen LogP contribution is 2.25. The minimum atomic E-state index is -0.526. The van der Waals surface area contributed by atoms with Crippen molar-refractivity contribution in [2.75, 3.05) is 11.9 Å². The van der Waals surface area contributed by atoms with E-state index in [9.17, 15) is 14.9 Å². The molecule has 1 unspecified atom stereocenters. The lowest BCUT2D eigenvalue weighted by Gasteiger charge is -2.10. The molecule has 92 valence electrons. The average molecular weight is 237 g/mol. The molecule has 0 radical (unpaired) electrons. The molecule has 0 aromatic heterocycles. The van der Waals surface area contributed by atoms with Crippen molar-refractivity contribution in [1.82, 2.24) is 0 Å². The third-order valence-corrected chi connectivity index (χ3v) is 2.41. The topological polar surface area (TPSA) is 98.3 Å². The van der Waals surface area contributed by atoms with E-state index in [1.807, 2.05) is 0 Å². The van der Waals surface area contributed by atoms with Crippen LogP contribution >= 0.6 is 0 Å². The molecule has 1 aromatic rings. The molecule has 0 heterocycles. The van der Waals surface area contributed by atoms with Crippen LogP contribution in [0.5, 0.6) is 0 Å². The van der Waals surface area contributed by atoms with Gasteiger partial charge in [-0.05, 0) is 18.6 Å². The Morgan fingerprint density at radius 3 is 2.76 bits per heavy atom. The normalized spacial score (nSPS) is 11.9. The second-order valence-electron chi connectivity index (χ2n) is 3.90. The summed E-state index contributed by atoms with van der Waals surface area (Å²) in [6.45, 7) is 3.66. The second-order valence-corrected chi connectivity index (χ2v) is 3.90. The van der Waals surface area contributed by atoms with Crippen molar-refractivity contribution in [3.63, 3.8) is 0 Å². The first-order valence-corrected chi connectivity index (χ1v) is 5.21. The number of nitrogens with two attached hydrogens (primary N) is 1. The summed E-state index contributed by atoms with van der Waals surface area (Å²) in [5, 5.41) is 13.3. The van der Waals surface area contributed by atoms with Crippen LogP contribution in [-0.2, 0) is 4.79 Å². The molecule has 0 spiro atoms. The number of anilines is 1. The first kappa shape index (κ1) is 13.1. The molecular formula is C11H15N3O3. The average Bonchev–Trinajstić information content (AvgIpc) is 2.27. The molecular weight excluding hydrogens is 222 g/mol. The van der Waals surface area contributed by atoms with Gasteiger partial charge in [0.15, 0.2) is 0 Å². The maximum absolute atomic E-state index is 11.6. The zero-order chi connectivity index (χ0) is 13.0. The van der Waals surface area contributed by atoms with Gasteiger partial charge in [0.05, 0.1) is 4.92 Å². The van der Waals surface area contributed by atoms with Gasteiger partial charge in [-0.15, -0.1) is 0 Å². The Hall–Kier alpha value is -1.95. The molecule has 6 heteroatoms. The molecule has 17 heavy (non-hydrogen) atoms. The van der Waals surface area contributed by atoms with Crippen molar-refractivity contribution >= 4 is 17.3 Å². The van der Waals surface area contributed by atoms with E-state index in [4.69, 9.17) is 5.73 Å². The number of carbonyl (C=O) groups is 1. The molecule has 1 amide bonds. The number of hydrogen-bond acceptors (Lipinski definition) is 4. The van der Waals surface area contributed by atoms with E-state index in [2.05, 4.69) is 5.32 Å². The van der Waals surface area contributed by atoms with Crippen LogP contribution in [0.4, 0.5) is 11.4 Å². The van der Waals surface area contributed by atoms with Crippen molar-refractivity contribution in [3.05, 3.63) is 33.9 Å². The van der Waals surface area contributed by atoms with Gasteiger partial charge in [-0.1, -0.05) is 13.0 Å². The second kappa shape index (κ2) is 5.40. The van der Waals surface area contributed by atoms with Crippen molar-refractivity contribution in [3.8, 4) is 0 Å². The maximum atomic E-state index is 11.6. The molecule has 0 bridgehead atoms. The van der Waals surface area contributed by atoms with Crippen molar-refractivity contribution in [2.24, 2.45) is 11.7 Å². The third kappa shape index (κ3) is 3.25. The van der Waals surface area contributed by atoms with E-state index in [-0.39, 0.29) is 29.7 Å². The lowest BCUT2D eigenvalue weighted by molar-refractivity contribution is -0.383. The molecule has 0 aliphatic heterocycles. The van der Waals surface area contributed by atoms with E-state index in [0.717, 1.165) is 5.56 Å². The minimum absolute atomic E-state index is 0.117. The number of nitrogens with zero attached hydrogens (tertiary/aromatic N) is 1. The van der Waals surface area contributed by atoms with Crippen molar-refractivity contribution in [2.45, 2.75) is 13.8 Å². The summed E-state index contributed by atoms with van der Waals surface area (Å²) in [6.07, 6.45) is 0. The third-order valence-electron chi connectivity index (χ3n) is 2.41. The van der Waals surface area contributed by atoms with Crippen LogP contribution in [0.2, 0.25) is 0 Å². The molecule has 0 fully saturated rings. The van der Waals surface area contributed by atoms with Gasteiger partial charge < -0.3 is 11.1 Å². The summed E-state index contributed by atoms with van der Waals surface area (Å²) in [7, 11) is 0. The fraction of sp³-hybridized carbons (Fsp3) is 0.364. The van der Waals surface area contributed by atoms with E-state index in [0.29, 0.717) is 0 Å². The van der Waals surface area contributed by atoms with Gasteiger partial charge in [-0.3, -0.25) is 14.9 Å². The number of nitro benzene ring substituents is 1. The first-order chi connectivity index (χ1) is 7.95. The number of amides is 1. The number of carbonyl (C=O) groups excluding carboxylic acids is 1. The number of nitrogens with one attached hydrogen (secondary N) is 1. The van der Waals surface area contributed by atoms with Gasteiger partial charge in [0.2, 0.25) is 5.91 Å². The quantitative estimate of drug-likeness (QED) is 0.611. The number of aryl methyl sites for hydroxylation is 1. The van der Waals surface area contributed by atoms with E-state index >= 15 is 0 Å². The Morgan fingerprint density at radius 2 is 2.24 bits per heavy atom. The smallest absolute Gasteiger partial charge is 0.292 e. The summed E-state index contributed by atoms with van der Waals surface area (Å²) in [4.78, 5) is 21.9. The highest BCUT2D eigenvalue weighted by molar-refractivity contribution is 5.94. The fourth-order valence-electron chi connectivity index (χ4n) is 1.27. The van der Waals surface area contributed by atoms with Crippen LogP contribution in [0.25, 0.3) is 0 Å². The summed E-state index contributed by atoms with van der Waals surface area (Å²) in [6, 6.07) is 4.57. The number of rotatable bonds is 4. The molecule has 1 aromatic carbocycles. The molecule has 0 saturated carbocycles. The largest absolute Gasteiger partial charge is 0.330 e. The summed E-state index contributed by atoms with van der Waals surface area (Å²) < 4.78 is 0. The Kier molecular flexibility index (Phi) is 4.17. The fourth-order valence-corrected chi connectivity index (χ4v) is 1.27. The zero-order valence-corrected chi connectivity index (χ0v) is 9.77. The molecule has 0 saturated heterocycles. The standard InChI is InChI=1S/C11H15N3O3/c1-7-3-4-10(14(16)17)9(5-7)13-11(15)8(2)6-12/h3-5,8H,6,12H2,1-2H3,(H,13,15). The maximum Gasteiger partial charge on any atom is 0.292 e. The van der Waals surface area contributed by atoms with Crippen LogP contribution in [0.3, 0.4) is 0 Å². The molecule has 1 atom stereocenters. The van der Waals surface area contributed by atoms with E-state index in [1.165, 1.54) is 6.07 Å². The number of nitro groups is 1. The molecule has 1 rings (SSSR count). The van der Waals surface area contributed by atoms with E-state index < -0.39 is 4.92 Å². The van der Waals surface area contributed by atoms with Crippen LogP contribution in [0.15, 0.2) is 18.2 Å². The molecule has 6 nitrogen and oxygen atoms in total. The molecule has 0 aliphatic carbocycles. The van der Waals surface area contributed by atoms with Gasteiger partial charge in [-0.25, -0.2) is 0 Å².